The fourth-order valence-corrected chi connectivity index (χ4v) is 4.26. The molecule has 0 radical (unpaired) electrons. The molecule has 2 heterocycles. The Bertz CT molecular complexity index is 1410. The zero-order valence-electron chi connectivity index (χ0n) is 18.4. The Morgan fingerprint density at radius 3 is 2.54 bits per heavy atom. The van der Waals surface area contributed by atoms with Crippen molar-refractivity contribution in [2.45, 2.75) is 12.8 Å². The van der Waals surface area contributed by atoms with Crippen LogP contribution in [0.5, 0.6) is 17.2 Å². The summed E-state index contributed by atoms with van der Waals surface area (Å²) in [5.41, 5.74) is 3.00. The molecule has 5 nitrogen and oxygen atoms in total. The van der Waals surface area contributed by atoms with E-state index in [1.807, 2.05) is 30.3 Å². The average Bonchev–Trinajstić information content (AvgIpc) is 2.87. The van der Waals surface area contributed by atoms with Crippen molar-refractivity contribution in [3.8, 4) is 28.5 Å². The molecule has 1 N–H and O–H groups in total. The van der Waals surface area contributed by atoms with Crippen molar-refractivity contribution in [3.63, 3.8) is 0 Å². The van der Waals surface area contributed by atoms with Gasteiger partial charge in [-0.2, -0.15) is 0 Å². The largest absolute Gasteiger partial charge is 0.493 e. The van der Waals surface area contributed by atoms with Crippen LogP contribution in [-0.4, -0.2) is 17.5 Å². The highest BCUT2D eigenvalue weighted by atomic mass is 35.5. The van der Waals surface area contributed by atoms with E-state index in [0.29, 0.717) is 50.2 Å². The molecule has 4 aromatic rings. The maximum Gasteiger partial charge on any atom is 0.256 e. The number of hydrogen-bond acceptors (Lipinski definition) is 4. The van der Waals surface area contributed by atoms with E-state index in [1.54, 1.807) is 42.5 Å². The number of ether oxygens (including phenoxy) is 2. The lowest BCUT2D eigenvalue weighted by atomic mass is 10.1. The summed E-state index contributed by atoms with van der Waals surface area (Å²) in [6.07, 6.45) is 1.91. The van der Waals surface area contributed by atoms with Gasteiger partial charge in [0.1, 0.15) is 23.1 Å². The highest BCUT2D eigenvalue weighted by Crippen LogP contribution is 2.37. The SMILES string of the molecule is O=C(Nc1cccc(-c2ccc(Cl)c(Cl)c2)n1)c1ccc(Oc2cc3c(cc2Cl)CCCO3)cc1. The van der Waals surface area contributed by atoms with Crippen molar-refractivity contribution in [2.24, 2.45) is 0 Å². The minimum Gasteiger partial charge on any atom is -0.493 e. The first kappa shape index (κ1) is 23.5. The molecular weight excluding hydrogens is 507 g/mol. The molecule has 5 rings (SSSR count). The zero-order valence-corrected chi connectivity index (χ0v) is 20.6. The molecular formula is C27H19Cl3N2O3. The van der Waals surface area contributed by atoms with E-state index >= 15 is 0 Å². The number of nitrogens with one attached hydrogen (secondary N) is 1. The maximum atomic E-state index is 12.8. The Hall–Kier alpha value is -3.25. The van der Waals surface area contributed by atoms with Crippen molar-refractivity contribution < 1.29 is 14.3 Å². The summed E-state index contributed by atoms with van der Waals surface area (Å²) >= 11 is 18.5. The summed E-state index contributed by atoms with van der Waals surface area (Å²) in [5, 5.41) is 4.24. The van der Waals surface area contributed by atoms with E-state index in [4.69, 9.17) is 44.3 Å². The summed E-state index contributed by atoms with van der Waals surface area (Å²) in [6, 6.07) is 21.1. The third kappa shape index (κ3) is 5.38. The molecule has 0 fully saturated rings. The van der Waals surface area contributed by atoms with Gasteiger partial charge in [-0.3, -0.25) is 4.79 Å². The molecule has 0 bridgehead atoms. The lowest BCUT2D eigenvalue weighted by molar-refractivity contribution is 0.102. The van der Waals surface area contributed by atoms with Crippen LogP contribution in [0.2, 0.25) is 15.1 Å². The van der Waals surface area contributed by atoms with Gasteiger partial charge in [-0.15, -0.1) is 0 Å². The third-order valence-electron chi connectivity index (χ3n) is 5.51. The van der Waals surface area contributed by atoms with Crippen molar-refractivity contribution >= 4 is 46.5 Å². The number of aromatic nitrogens is 1. The predicted molar refractivity (Wildman–Crippen MR) is 139 cm³/mol. The van der Waals surface area contributed by atoms with Crippen LogP contribution in [0.25, 0.3) is 11.3 Å². The van der Waals surface area contributed by atoms with Gasteiger partial charge in [0.25, 0.3) is 5.91 Å². The summed E-state index contributed by atoms with van der Waals surface area (Å²) < 4.78 is 11.6. The van der Waals surface area contributed by atoms with E-state index in [9.17, 15) is 4.79 Å². The number of anilines is 1. The number of halogens is 3. The van der Waals surface area contributed by atoms with Crippen molar-refractivity contribution in [3.05, 3.63) is 99.0 Å². The standard InChI is InChI=1S/C27H19Cl3N2O3/c28-20-11-8-17(13-21(20)29)23-4-1-5-26(31-23)32-27(33)16-6-9-19(10-7-16)35-25-15-24-18(14-22(25)30)3-2-12-34-24/h1,4-11,13-15H,2-3,12H2,(H,31,32,33). The molecule has 0 spiro atoms. The Morgan fingerprint density at radius 1 is 0.914 bits per heavy atom. The van der Waals surface area contributed by atoms with Crippen LogP contribution in [0, 0.1) is 0 Å². The van der Waals surface area contributed by atoms with Gasteiger partial charge in [0.15, 0.2) is 0 Å². The first-order chi connectivity index (χ1) is 17.0. The van der Waals surface area contributed by atoms with Crippen molar-refractivity contribution in [2.75, 3.05) is 11.9 Å². The van der Waals surface area contributed by atoms with Gasteiger partial charge in [0, 0.05) is 17.2 Å². The number of pyridine rings is 1. The van der Waals surface area contributed by atoms with Gasteiger partial charge in [-0.1, -0.05) is 46.9 Å². The highest BCUT2D eigenvalue weighted by Gasteiger charge is 2.16. The topological polar surface area (TPSA) is 60.5 Å². The Labute approximate surface area is 217 Å². The molecule has 1 amide bonds. The van der Waals surface area contributed by atoms with Crippen LogP contribution >= 0.6 is 34.8 Å². The molecule has 35 heavy (non-hydrogen) atoms. The quantitative estimate of drug-likeness (QED) is 0.286. The molecule has 1 aliphatic rings. The van der Waals surface area contributed by atoms with Crippen molar-refractivity contribution in [1.29, 1.82) is 0 Å². The van der Waals surface area contributed by atoms with E-state index in [0.717, 1.165) is 29.7 Å². The molecule has 1 aromatic heterocycles. The Morgan fingerprint density at radius 2 is 1.74 bits per heavy atom. The zero-order chi connectivity index (χ0) is 24.4. The number of hydrogen-bond donors (Lipinski definition) is 1. The number of rotatable bonds is 5. The number of nitrogens with zero attached hydrogens (tertiary/aromatic N) is 1. The first-order valence-corrected chi connectivity index (χ1v) is 12.1. The molecule has 3 aromatic carbocycles. The van der Waals surface area contributed by atoms with E-state index in [2.05, 4.69) is 10.3 Å². The lowest BCUT2D eigenvalue weighted by Gasteiger charge is -2.19. The average molecular weight is 526 g/mol. The highest BCUT2D eigenvalue weighted by molar-refractivity contribution is 6.42. The monoisotopic (exact) mass is 524 g/mol. The predicted octanol–water partition coefficient (Wildman–Crippen LogP) is 8.08. The van der Waals surface area contributed by atoms with E-state index < -0.39 is 0 Å². The molecule has 0 atom stereocenters. The summed E-state index contributed by atoms with van der Waals surface area (Å²) in [5.74, 6) is 1.98. The molecule has 0 saturated carbocycles. The van der Waals surface area contributed by atoms with Gasteiger partial charge >= 0.3 is 0 Å². The molecule has 8 heteroatoms. The van der Waals surface area contributed by atoms with Gasteiger partial charge < -0.3 is 14.8 Å². The number of carbonyl (C=O) groups is 1. The summed E-state index contributed by atoms with van der Waals surface area (Å²) in [4.78, 5) is 17.3. The Balaban J connectivity index is 1.28. The molecule has 1 aliphatic heterocycles. The number of fused-ring (bicyclic) bond motifs is 1. The van der Waals surface area contributed by atoms with Crippen LogP contribution in [0.4, 0.5) is 5.82 Å². The van der Waals surface area contributed by atoms with Crippen LogP contribution in [0.1, 0.15) is 22.3 Å². The number of carbonyl (C=O) groups excluding carboxylic acids is 1. The lowest BCUT2D eigenvalue weighted by Crippen LogP contribution is -2.13. The number of aryl methyl sites for hydroxylation is 1. The van der Waals surface area contributed by atoms with Crippen LogP contribution in [-0.2, 0) is 6.42 Å². The summed E-state index contributed by atoms with van der Waals surface area (Å²) in [7, 11) is 0. The number of benzene rings is 3. The van der Waals surface area contributed by atoms with E-state index in [1.165, 1.54) is 0 Å². The van der Waals surface area contributed by atoms with Crippen LogP contribution in [0.15, 0.2) is 72.8 Å². The van der Waals surface area contributed by atoms with Gasteiger partial charge in [-0.25, -0.2) is 4.98 Å². The Kier molecular flexibility index (Phi) is 6.82. The van der Waals surface area contributed by atoms with Gasteiger partial charge in [0.2, 0.25) is 0 Å². The first-order valence-electron chi connectivity index (χ1n) is 10.9. The van der Waals surface area contributed by atoms with Gasteiger partial charge in [-0.05, 0) is 73.0 Å². The fourth-order valence-electron chi connectivity index (χ4n) is 3.74. The van der Waals surface area contributed by atoms with Crippen LogP contribution < -0.4 is 14.8 Å². The maximum absolute atomic E-state index is 12.8. The second-order valence-electron chi connectivity index (χ2n) is 7.96. The summed E-state index contributed by atoms with van der Waals surface area (Å²) in [6.45, 7) is 0.684. The minimum absolute atomic E-state index is 0.296. The second kappa shape index (κ2) is 10.2. The van der Waals surface area contributed by atoms with E-state index in [-0.39, 0.29) is 5.91 Å². The molecule has 176 valence electrons. The smallest absolute Gasteiger partial charge is 0.256 e. The van der Waals surface area contributed by atoms with Gasteiger partial charge in [0.05, 0.1) is 27.4 Å². The normalized spacial score (nSPS) is 12.4. The molecule has 0 unspecified atom stereocenters. The number of amides is 1. The molecule has 0 saturated heterocycles. The molecule has 0 aliphatic carbocycles. The second-order valence-corrected chi connectivity index (χ2v) is 9.18. The van der Waals surface area contributed by atoms with Crippen molar-refractivity contribution in [1.82, 2.24) is 4.98 Å². The van der Waals surface area contributed by atoms with Crippen LogP contribution in [0.3, 0.4) is 0 Å². The third-order valence-corrected chi connectivity index (χ3v) is 6.55. The fraction of sp³-hybridized carbons (Fsp3) is 0.111. The minimum atomic E-state index is -0.296.